The van der Waals surface area contributed by atoms with Crippen LogP contribution < -0.4 is 4.74 Å². The third-order valence-electron chi connectivity index (χ3n) is 1.79. The highest BCUT2D eigenvalue weighted by atomic mass is 16.5. The van der Waals surface area contributed by atoms with Crippen molar-refractivity contribution in [3.8, 4) is 5.75 Å². The number of hydrogen-bond donors (Lipinski definition) is 1. The number of nitrogens with zero attached hydrogens (tertiary/aromatic N) is 1. The average Bonchev–Trinajstić information content (AvgIpc) is 2.28. The predicted octanol–water partition coefficient (Wildman–Crippen LogP) is 0.687. The van der Waals surface area contributed by atoms with Crippen LogP contribution in [0.2, 0.25) is 0 Å². The molecule has 1 N–H and O–H groups in total. The molecule has 1 aromatic rings. The molecule has 0 aliphatic carbocycles. The molecule has 1 rings (SSSR count). The number of aromatic nitrogens is 1. The number of aliphatic hydroxyl groups is 1. The van der Waals surface area contributed by atoms with Crippen molar-refractivity contribution in [1.82, 2.24) is 4.98 Å². The van der Waals surface area contributed by atoms with E-state index in [0.29, 0.717) is 5.75 Å². The van der Waals surface area contributed by atoms with Crippen molar-refractivity contribution >= 4 is 5.97 Å². The van der Waals surface area contributed by atoms with E-state index in [9.17, 15) is 9.90 Å². The van der Waals surface area contributed by atoms with Crippen LogP contribution in [0.15, 0.2) is 18.3 Å². The summed E-state index contributed by atoms with van der Waals surface area (Å²) >= 11 is 0. The van der Waals surface area contributed by atoms with Gasteiger partial charge in [0.05, 0.1) is 13.7 Å². The number of aliphatic hydroxyl groups excluding tert-OH is 1. The van der Waals surface area contributed by atoms with Gasteiger partial charge in [0.15, 0.2) is 6.10 Å². The minimum Gasteiger partial charge on any atom is -0.495 e. The standard InChI is InChI=1S/C10H13NO4/c1-3-15-10(13)9(12)8-7(14-2)5-4-6-11-8/h4-6,9,12H,3H2,1-2H3. The lowest BCUT2D eigenvalue weighted by atomic mass is 10.2. The third-order valence-corrected chi connectivity index (χ3v) is 1.79. The fraction of sp³-hybridized carbons (Fsp3) is 0.400. The summed E-state index contributed by atoms with van der Waals surface area (Å²) in [6.07, 6.45) is 0.0708. The van der Waals surface area contributed by atoms with E-state index in [0.717, 1.165) is 0 Å². The maximum absolute atomic E-state index is 11.2. The molecule has 0 aliphatic rings. The van der Waals surface area contributed by atoms with Crippen LogP contribution in [0.1, 0.15) is 18.7 Å². The molecule has 0 spiro atoms. The topological polar surface area (TPSA) is 68.7 Å². The van der Waals surface area contributed by atoms with Gasteiger partial charge in [0.1, 0.15) is 11.4 Å². The fourth-order valence-electron chi connectivity index (χ4n) is 1.11. The molecule has 0 aliphatic heterocycles. The molecular formula is C10H13NO4. The number of rotatable bonds is 4. The molecule has 82 valence electrons. The lowest BCUT2D eigenvalue weighted by Crippen LogP contribution is -2.17. The van der Waals surface area contributed by atoms with Gasteiger partial charge in [-0.05, 0) is 19.1 Å². The Morgan fingerprint density at radius 3 is 3.00 bits per heavy atom. The van der Waals surface area contributed by atoms with Gasteiger partial charge in [-0.1, -0.05) is 0 Å². The predicted molar refractivity (Wildman–Crippen MR) is 52.4 cm³/mol. The highest BCUT2D eigenvalue weighted by Crippen LogP contribution is 2.22. The summed E-state index contributed by atoms with van der Waals surface area (Å²) in [6, 6.07) is 3.27. The summed E-state index contributed by atoms with van der Waals surface area (Å²) in [4.78, 5) is 15.1. The van der Waals surface area contributed by atoms with Crippen molar-refractivity contribution in [2.45, 2.75) is 13.0 Å². The van der Waals surface area contributed by atoms with Gasteiger partial charge in [-0.25, -0.2) is 4.79 Å². The Morgan fingerprint density at radius 2 is 2.40 bits per heavy atom. The number of pyridine rings is 1. The zero-order valence-electron chi connectivity index (χ0n) is 8.64. The number of ether oxygens (including phenoxy) is 2. The van der Waals surface area contributed by atoms with Crippen LogP contribution in [-0.2, 0) is 9.53 Å². The van der Waals surface area contributed by atoms with Gasteiger partial charge < -0.3 is 14.6 Å². The van der Waals surface area contributed by atoms with Gasteiger partial charge in [0, 0.05) is 6.20 Å². The number of hydrogen-bond acceptors (Lipinski definition) is 5. The first kappa shape index (κ1) is 11.5. The van der Waals surface area contributed by atoms with Crippen molar-refractivity contribution in [1.29, 1.82) is 0 Å². The van der Waals surface area contributed by atoms with Crippen LogP contribution in [0.25, 0.3) is 0 Å². The van der Waals surface area contributed by atoms with Gasteiger partial charge >= 0.3 is 5.97 Å². The largest absolute Gasteiger partial charge is 0.495 e. The molecule has 0 saturated heterocycles. The van der Waals surface area contributed by atoms with Gasteiger partial charge in [-0.3, -0.25) is 4.98 Å². The minimum absolute atomic E-state index is 0.165. The van der Waals surface area contributed by atoms with Crippen LogP contribution in [0.3, 0.4) is 0 Å². The van der Waals surface area contributed by atoms with Crippen LogP contribution >= 0.6 is 0 Å². The Morgan fingerprint density at radius 1 is 1.67 bits per heavy atom. The quantitative estimate of drug-likeness (QED) is 0.742. The highest BCUT2D eigenvalue weighted by molar-refractivity contribution is 5.76. The summed E-state index contributed by atoms with van der Waals surface area (Å²) in [5.41, 5.74) is 0.165. The molecule has 0 fully saturated rings. The zero-order valence-corrected chi connectivity index (χ0v) is 8.64. The molecule has 0 radical (unpaired) electrons. The van der Waals surface area contributed by atoms with E-state index < -0.39 is 12.1 Å². The van der Waals surface area contributed by atoms with Crippen LogP contribution in [0, 0.1) is 0 Å². The van der Waals surface area contributed by atoms with Crippen molar-refractivity contribution in [3.63, 3.8) is 0 Å². The normalized spacial score (nSPS) is 11.9. The molecule has 0 aromatic carbocycles. The Labute approximate surface area is 87.7 Å². The van der Waals surface area contributed by atoms with E-state index in [4.69, 9.17) is 4.74 Å². The van der Waals surface area contributed by atoms with Crippen LogP contribution in [0.5, 0.6) is 5.75 Å². The first-order chi connectivity index (χ1) is 7.20. The molecule has 5 heteroatoms. The maximum atomic E-state index is 11.2. The van der Waals surface area contributed by atoms with Crippen molar-refractivity contribution in [2.75, 3.05) is 13.7 Å². The highest BCUT2D eigenvalue weighted by Gasteiger charge is 2.23. The van der Waals surface area contributed by atoms with Crippen molar-refractivity contribution in [2.24, 2.45) is 0 Å². The van der Waals surface area contributed by atoms with Gasteiger partial charge in [-0.2, -0.15) is 0 Å². The van der Waals surface area contributed by atoms with E-state index in [-0.39, 0.29) is 12.3 Å². The lowest BCUT2D eigenvalue weighted by Gasteiger charge is -2.11. The SMILES string of the molecule is CCOC(=O)C(O)c1ncccc1OC. The summed E-state index contributed by atoms with van der Waals surface area (Å²) in [7, 11) is 1.44. The number of carbonyl (C=O) groups is 1. The molecule has 1 aromatic heterocycles. The molecule has 1 heterocycles. The number of methoxy groups -OCH3 is 1. The molecule has 5 nitrogen and oxygen atoms in total. The summed E-state index contributed by atoms with van der Waals surface area (Å²) in [5, 5.41) is 9.62. The molecule has 1 unspecified atom stereocenters. The summed E-state index contributed by atoms with van der Waals surface area (Å²) < 4.78 is 9.64. The van der Waals surface area contributed by atoms with Gasteiger partial charge in [-0.15, -0.1) is 0 Å². The van der Waals surface area contributed by atoms with Crippen LogP contribution in [-0.4, -0.2) is 29.8 Å². The Balaban J connectivity index is 2.89. The molecule has 15 heavy (non-hydrogen) atoms. The summed E-state index contributed by atoms with van der Waals surface area (Å²) in [6.45, 7) is 1.88. The second-order valence-electron chi connectivity index (χ2n) is 2.75. The molecular weight excluding hydrogens is 198 g/mol. The zero-order chi connectivity index (χ0) is 11.3. The van der Waals surface area contributed by atoms with E-state index in [1.807, 2.05) is 0 Å². The third kappa shape index (κ3) is 2.66. The smallest absolute Gasteiger partial charge is 0.341 e. The average molecular weight is 211 g/mol. The van der Waals surface area contributed by atoms with Crippen molar-refractivity contribution < 1.29 is 19.4 Å². The molecule has 0 bridgehead atoms. The second-order valence-corrected chi connectivity index (χ2v) is 2.75. The van der Waals surface area contributed by atoms with Crippen LogP contribution in [0.4, 0.5) is 0 Å². The minimum atomic E-state index is -1.40. The molecule has 1 atom stereocenters. The van der Waals surface area contributed by atoms with E-state index >= 15 is 0 Å². The molecule has 0 saturated carbocycles. The lowest BCUT2D eigenvalue weighted by molar-refractivity contribution is -0.153. The van der Waals surface area contributed by atoms with E-state index in [1.54, 1.807) is 19.1 Å². The van der Waals surface area contributed by atoms with Crippen molar-refractivity contribution in [3.05, 3.63) is 24.0 Å². The Bertz CT molecular complexity index is 340. The van der Waals surface area contributed by atoms with Gasteiger partial charge in [0.25, 0.3) is 0 Å². The molecule has 0 amide bonds. The Hall–Kier alpha value is -1.62. The Kier molecular flexibility index (Phi) is 4.05. The monoisotopic (exact) mass is 211 g/mol. The summed E-state index contributed by atoms with van der Waals surface area (Å²) in [5.74, 6) is -0.368. The maximum Gasteiger partial charge on any atom is 0.341 e. The van der Waals surface area contributed by atoms with Gasteiger partial charge in [0.2, 0.25) is 0 Å². The second kappa shape index (κ2) is 5.31. The van der Waals surface area contributed by atoms with E-state index in [1.165, 1.54) is 13.3 Å². The first-order valence-corrected chi connectivity index (χ1v) is 4.54. The van der Waals surface area contributed by atoms with E-state index in [2.05, 4.69) is 9.72 Å². The first-order valence-electron chi connectivity index (χ1n) is 4.54. The fourth-order valence-corrected chi connectivity index (χ4v) is 1.11. The number of carbonyl (C=O) groups excluding carboxylic acids is 1. The number of esters is 1.